The van der Waals surface area contributed by atoms with Gasteiger partial charge in [0.15, 0.2) is 5.54 Å². The Balaban J connectivity index is 1.72. The Hall–Kier alpha value is -3.14. The fourth-order valence-corrected chi connectivity index (χ4v) is 3.80. The van der Waals surface area contributed by atoms with Crippen molar-refractivity contribution in [3.8, 4) is 5.75 Å². The summed E-state index contributed by atoms with van der Waals surface area (Å²) in [6, 6.07) is 14.4. The summed E-state index contributed by atoms with van der Waals surface area (Å²) in [7, 11) is 0. The lowest BCUT2D eigenvalue weighted by molar-refractivity contribution is -0.155. The average Bonchev–Trinajstić information content (AvgIpc) is 3.28. The summed E-state index contributed by atoms with van der Waals surface area (Å²) in [6.45, 7) is 6.17. The molecule has 1 atom stereocenters. The van der Waals surface area contributed by atoms with E-state index in [1.165, 1.54) is 0 Å². The van der Waals surface area contributed by atoms with Crippen molar-refractivity contribution in [1.82, 2.24) is 10.9 Å². The molecule has 0 saturated heterocycles. The van der Waals surface area contributed by atoms with Gasteiger partial charge in [0, 0.05) is 36.6 Å². The number of hydrazine groups is 1. The molecule has 2 aromatic carbocycles. The molecular formula is C27H34ClN3O6. The second-order valence-corrected chi connectivity index (χ2v) is 10.1. The molecule has 1 heterocycles. The van der Waals surface area contributed by atoms with Crippen molar-refractivity contribution in [2.24, 2.45) is 4.99 Å². The van der Waals surface area contributed by atoms with E-state index in [2.05, 4.69) is 15.8 Å². The second kappa shape index (κ2) is 12.9. The topological polar surface area (TPSA) is 118 Å². The number of hydrogen-bond acceptors (Lipinski definition) is 8. The number of nitrogens with zero attached hydrogens (tertiary/aromatic N) is 1. The van der Waals surface area contributed by atoms with Gasteiger partial charge in [0.1, 0.15) is 18.0 Å². The smallest absolute Gasteiger partial charge is 0.306 e. The average molecular weight is 532 g/mol. The lowest BCUT2D eigenvalue weighted by Crippen LogP contribution is -2.51. The highest BCUT2D eigenvalue weighted by Crippen LogP contribution is 2.28. The second-order valence-electron chi connectivity index (χ2n) is 9.71. The van der Waals surface area contributed by atoms with Crippen LogP contribution in [0.5, 0.6) is 5.75 Å². The monoisotopic (exact) mass is 531 g/mol. The number of carbonyl (C=O) groups is 2. The predicted molar refractivity (Wildman–Crippen MR) is 140 cm³/mol. The molecule has 37 heavy (non-hydrogen) atoms. The number of nitrogens with one attached hydrogen (secondary N) is 2. The highest BCUT2D eigenvalue weighted by Gasteiger charge is 2.45. The van der Waals surface area contributed by atoms with Crippen molar-refractivity contribution in [2.45, 2.75) is 57.7 Å². The van der Waals surface area contributed by atoms with Crippen molar-refractivity contribution in [3.05, 3.63) is 64.7 Å². The normalized spacial score (nSPS) is 17.1. The zero-order chi connectivity index (χ0) is 26.9. The van der Waals surface area contributed by atoms with E-state index in [-0.39, 0.29) is 26.1 Å². The van der Waals surface area contributed by atoms with Gasteiger partial charge in [0.05, 0.1) is 6.61 Å². The van der Waals surface area contributed by atoms with Crippen LogP contribution in [0.3, 0.4) is 0 Å². The number of esters is 1. The molecule has 0 aliphatic carbocycles. The number of aliphatic imine (C=N–C) groups is 1. The third-order valence-electron chi connectivity index (χ3n) is 5.40. The highest BCUT2D eigenvalue weighted by molar-refractivity contribution is 6.30. The maximum atomic E-state index is 13.3. The molecule has 1 aliphatic rings. The van der Waals surface area contributed by atoms with E-state index in [1.807, 2.05) is 12.1 Å². The molecule has 0 saturated carbocycles. The first kappa shape index (κ1) is 28.4. The van der Waals surface area contributed by atoms with Crippen LogP contribution >= 0.6 is 11.6 Å². The Labute approximate surface area is 222 Å². The number of amides is 1. The molecule has 0 fully saturated rings. The third-order valence-corrected chi connectivity index (χ3v) is 5.64. The van der Waals surface area contributed by atoms with Gasteiger partial charge in [-0.15, -0.1) is 0 Å². The van der Waals surface area contributed by atoms with E-state index in [9.17, 15) is 9.59 Å². The molecule has 10 heteroatoms. The van der Waals surface area contributed by atoms with Gasteiger partial charge in [-0.2, -0.15) is 0 Å². The van der Waals surface area contributed by atoms with Gasteiger partial charge in [0.25, 0.3) is 5.91 Å². The zero-order valence-corrected chi connectivity index (χ0v) is 22.1. The predicted octanol–water partition coefficient (Wildman–Crippen LogP) is 3.56. The molecule has 0 spiro atoms. The Morgan fingerprint density at radius 1 is 1.19 bits per heavy atom. The molecule has 2 aromatic rings. The van der Waals surface area contributed by atoms with Crippen LogP contribution in [-0.4, -0.2) is 53.8 Å². The van der Waals surface area contributed by atoms with Gasteiger partial charge in [-0.1, -0.05) is 23.7 Å². The van der Waals surface area contributed by atoms with Crippen molar-refractivity contribution >= 4 is 29.4 Å². The number of aliphatic hydroxyl groups is 1. The third kappa shape index (κ3) is 8.73. The summed E-state index contributed by atoms with van der Waals surface area (Å²) >= 11 is 6.03. The van der Waals surface area contributed by atoms with E-state index < -0.39 is 23.0 Å². The molecule has 0 aromatic heterocycles. The first-order valence-electron chi connectivity index (χ1n) is 12.2. The molecule has 0 bridgehead atoms. The van der Waals surface area contributed by atoms with Crippen molar-refractivity contribution in [3.63, 3.8) is 0 Å². The van der Waals surface area contributed by atoms with Gasteiger partial charge in [-0.25, -0.2) is 10.4 Å². The number of hydrogen-bond donors (Lipinski definition) is 3. The fraction of sp³-hybridized carbons (Fsp3) is 0.444. The summed E-state index contributed by atoms with van der Waals surface area (Å²) in [5.74, 6) is 0.114. The Morgan fingerprint density at radius 3 is 2.62 bits per heavy atom. The highest BCUT2D eigenvalue weighted by atomic mass is 35.5. The van der Waals surface area contributed by atoms with E-state index in [1.54, 1.807) is 57.2 Å². The number of benzene rings is 2. The van der Waals surface area contributed by atoms with Crippen molar-refractivity contribution < 1.29 is 28.9 Å². The Bertz CT molecular complexity index is 1100. The number of ether oxygens (including phenoxy) is 3. The van der Waals surface area contributed by atoms with Gasteiger partial charge in [-0.3, -0.25) is 15.0 Å². The van der Waals surface area contributed by atoms with Gasteiger partial charge in [-0.05, 0) is 69.2 Å². The summed E-state index contributed by atoms with van der Waals surface area (Å²) in [5, 5.41) is 9.50. The van der Waals surface area contributed by atoms with Crippen molar-refractivity contribution in [2.75, 3.05) is 19.8 Å². The first-order valence-corrected chi connectivity index (χ1v) is 12.5. The summed E-state index contributed by atoms with van der Waals surface area (Å²) in [4.78, 5) is 30.4. The number of carbonyl (C=O) groups excluding carboxylic acids is 2. The molecule has 0 unspecified atom stereocenters. The quantitative estimate of drug-likeness (QED) is 0.218. The molecule has 9 nitrogen and oxygen atoms in total. The van der Waals surface area contributed by atoms with Crippen LogP contribution in [-0.2, 0) is 25.6 Å². The van der Waals surface area contributed by atoms with Gasteiger partial charge >= 0.3 is 5.97 Å². The largest absolute Gasteiger partial charge is 0.494 e. The SMILES string of the molecule is CC(C)(C)OC(=O)CC[C@@]1(C(=O)NNCc2cccc(Cl)c2)COC(c2ccc(OCCCO)cc2)=N1. The van der Waals surface area contributed by atoms with E-state index in [0.29, 0.717) is 41.8 Å². The van der Waals surface area contributed by atoms with Crippen LogP contribution in [0.15, 0.2) is 53.5 Å². The molecule has 1 aliphatic heterocycles. The maximum Gasteiger partial charge on any atom is 0.306 e. The number of aliphatic hydroxyl groups excluding tert-OH is 1. The van der Waals surface area contributed by atoms with Crippen LogP contribution in [0, 0.1) is 0 Å². The van der Waals surface area contributed by atoms with Crippen LogP contribution in [0.25, 0.3) is 0 Å². The van der Waals surface area contributed by atoms with Crippen molar-refractivity contribution in [1.29, 1.82) is 0 Å². The van der Waals surface area contributed by atoms with E-state index in [4.69, 9.17) is 30.9 Å². The van der Waals surface area contributed by atoms with E-state index >= 15 is 0 Å². The maximum absolute atomic E-state index is 13.3. The van der Waals surface area contributed by atoms with Gasteiger partial charge in [0.2, 0.25) is 5.90 Å². The standard InChI is InChI=1S/C27H34ClN3O6/c1-26(2,3)37-23(33)12-13-27(25(34)31-29-17-19-6-4-7-21(28)16-19)18-36-24(30-27)20-8-10-22(11-9-20)35-15-5-14-32/h4,6-11,16,29,32H,5,12-15,17-18H2,1-3H3,(H,31,34)/t27-/m0/s1. The summed E-state index contributed by atoms with van der Waals surface area (Å²) in [6.07, 6.45) is 0.646. The molecule has 3 N–H and O–H groups in total. The summed E-state index contributed by atoms with van der Waals surface area (Å²) in [5.41, 5.74) is 5.23. The van der Waals surface area contributed by atoms with Crippen LogP contribution < -0.4 is 15.6 Å². The molecule has 200 valence electrons. The molecule has 0 radical (unpaired) electrons. The minimum Gasteiger partial charge on any atom is -0.494 e. The fourth-order valence-electron chi connectivity index (χ4n) is 3.59. The van der Waals surface area contributed by atoms with Crippen LogP contribution in [0.4, 0.5) is 0 Å². The lowest BCUT2D eigenvalue weighted by Gasteiger charge is -2.24. The minimum atomic E-state index is -1.32. The Kier molecular flexibility index (Phi) is 9.91. The number of rotatable bonds is 12. The summed E-state index contributed by atoms with van der Waals surface area (Å²) < 4.78 is 16.8. The molecule has 1 amide bonds. The number of halogens is 1. The first-order chi connectivity index (χ1) is 17.6. The van der Waals surface area contributed by atoms with Crippen LogP contribution in [0.1, 0.15) is 51.2 Å². The zero-order valence-electron chi connectivity index (χ0n) is 21.4. The molecule has 3 rings (SSSR count). The lowest BCUT2D eigenvalue weighted by atomic mass is 9.94. The van der Waals surface area contributed by atoms with Gasteiger partial charge < -0.3 is 19.3 Å². The van der Waals surface area contributed by atoms with E-state index in [0.717, 1.165) is 5.56 Å². The molecular weight excluding hydrogens is 498 g/mol. The van der Waals surface area contributed by atoms with Crippen LogP contribution in [0.2, 0.25) is 5.02 Å². The Morgan fingerprint density at radius 2 is 1.95 bits per heavy atom. The minimum absolute atomic E-state index is 0.00322.